The van der Waals surface area contributed by atoms with Crippen molar-refractivity contribution in [1.82, 2.24) is 34.9 Å². The Kier molecular flexibility index (Phi) is 8.50. The van der Waals surface area contributed by atoms with Gasteiger partial charge in [0.05, 0.1) is 18.8 Å². The number of carbonyl (C=O) groups excluding carboxylic acids is 2. The lowest BCUT2D eigenvalue weighted by molar-refractivity contribution is -0.130. The summed E-state index contributed by atoms with van der Waals surface area (Å²) < 4.78 is 7.34. The monoisotopic (exact) mass is 535 g/mol. The second-order valence-corrected chi connectivity index (χ2v) is 11.0. The number of carbonyl (C=O) groups is 2. The lowest BCUT2D eigenvalue weighted by Crippen LogP contribution is -2.47. The second-order valence-electron chi connectivity index (χ2n) is 11.0. The fourth-order valence-electron chi connectivity index (χ4n) is 6.11. The molecule has 2 amide bonds. The molecular weight excluding hydrogens is 494 g/mol. The number of methoxy groups -OCH3 is 1. The molecule has 4 heterocycles. The number of aryl methyl sites for hydroxylation is 1. The van der Waals surface area contributed by atoms with Crippen molar-refractivity contribution in [2.24, 2.45) is 13.0 Å². The van der Waals surface area contributed by atoms with Gasteiger partial charge in [-0.3, -0.25) is 19.2 Å². The van der Waals surface area contributed by atoms with Gasteiger partial charge >= 0.3 is 0 Å². The van der Waals surface area contributed by atoms with Gasteiger partial charge in [-0.05, 0) is 37.0 Å². The highest BCUT2D eigenvalue weighted by Gasteiger charge is 2.29. The molecule has 0 radical (unpaired) electrons. The molecule has 0 aromatic carbocycles. The predicted molar refractivity (Wildman–Crippen MR) is 149 cm³/mol. The number of hydrogen-bond donors (Lipinski definition) is 2. The summed E-state index contributed by atoms with van der Waals surface area (Å²) in [5.41, 5.74) is 3.32. The standard InChI is InChI=1S/C29H41N7O3/c1-20(37)36-15-13-35(14-16-36)19-23-17-22-18-24(32-27(22)29(31-23)39-3)26(21-9-7-5-4-6-8-10-21)33-28(38)25-11-12-30-34(25)2/h11-12,17-18,21,26,32H,4-10,13-16,19H2,1-3H3,(H,33,38). The number of H-pyrrole nitrogens is 1. The van der Waals surface area contributed by atoms with Gasteiger partial charge in [0.25, 0.3) is 5.91 Å². The molecule has 10 nitrogen and oxygen atoms in total. The van der Waals surface area contributed by atoms with Gasteiger partial charge in [0.1, 0.15) is 11.2 Å². The van der Waals surface area contributed by atoms with Gasteiger partial charge in [0.2, 0.25) is 11.8 Å². The molecule has 5 rings (SSSR count). The van der Waals surface area contributed by atoms with E-state index in [0.29, 0.717) is 24.0 Å². The Balaban J connectivity index is 1.42. The van der Waals surface area contributed by atoms with Crippen LogP contribution in [-0.4, -0.2) is 74.7 Å². The zero-order valence-electron chi connectivity index (χ0n) is 23.4. The summed E-state index contributed by atoms with van der Waals surface area (Å²) in [7, 11) is 3.44. The Morgan fingerprint density at radius 3 is 2.46 bits per heavy atom. The first kappa shape index (κ1) is 27.2. The topological polar surface area (TPSA) is 108 Å². The van der Waals surface area contributed by atoms with E-state index >= 15 is 0 Å². The van der Waals surface area contributed by atoms with E-state index in [4.69, 9.17) is 9.72 Å². The van der Waals surface area contributed by atoms with Gasteiger partial charge in [-0.2, -0.15) is 5.10 Å². The maximum atomic E-state index is 13.3. The normalized spacial score (nSPS) is 18.5. The number of fused-ring (bicyclic) bond motifs is 1. The Morgan fingerprint density at radius 2 is 1.82 bits per heavy atom. The number of hydrogen-bond acceptors (Lipinski definition) is 6. The summed E-state index contributed by atoms with van der Waals surface area (Å²) in [4.78, 5) is 37.6. The molecule has 2 fully saturated rings. The average molecular weight is 536 g/mol. The number of rotatable bonds is 7. The van der Waals surface area contributed by atoms with E-state index in [0.717, 1.165) is 61.3 Å². The molecule has 1 atom stereocenters. The number of nitrogens with zero attached hydrogens (tertiary/aromatic N) is 5. The molecule has 1 aliphatic heterocycles. The van der Waals surface area contributed by atoms with Crippen LogP contribution in [0.5, 0.6) is 5.88 Å². The fourth-order valence-corrected chi connectivity index (χ4v) is 6.11. The van der Waals surface area contributed by atoms with E-state index in [1.807, 2.05) is 4.90 Å². The number of aromatic amines is 1. The molecule has 210 valence electrons. The van der Waals surface area contributed by atoms with Gasteiger partial charge in [-0.1, -0.05) is 32.1 Å². The smallest absolute Gasteiger partial charge is 0.270 e. The van der Waals surface area contributed by atoms with Crippen LogP contribution in [0.4, 0.5) is 0 Å². The molecule has 10 heteroatoms. The number of amides is 2. The van der Waals surface area contributed by atoms with E-state index in [2.05, 4.69) is 32.4 Å². The van der Waals surface area contributed by atoms with Crippen molar-refractivity contribution < 1.29 is 14.3 Å². The third kappa shape index (κ3) is 6.27. The van der Waals surface area contributed by atoms with E-state index < -0.39 is 0 Å². The van der Waals surface area contributed by atoms with Crippen LogP contribution >= 0.6 is 0 Å². The van der Waals surface area contributed by atoms with E-state index in [9.17, 15) is 9.59 Å². The summed E-state index contributed by atoms with van der Waals surface area (Å²) in [6, 6.07) is 5.88. The summed E-state index contributed by atoms with van der Waals surface area (Å²) in [6.45, 7) is 5.45. The molecule has 1 saturated carbocycles. The quantitative estimate of drug-likeness (QED) is 0.477. The first-order chi connectivity index (χ1) is 18.9. The van der Waals surface area contributed by atoms with Crippen LogP contribution in [-0.2, 0) is 18.4 Å². The minimum atomic E-state index is -0.147. The summed E-state index contributed by atoms with van der Waals surface area (Å²) >= 11 is 0. The maximum Gasteiger partial charge on any atom is 0.270 e. The largest absolute Gasteiger partial charge is 0.479 e. The zero-order chi connectivity index (χ0) is 27.4. The molecule has 0 bridgehead atoms. The average Bonchev–Trinajstić information content (AvgIpc) is 3.53. The van der Waals surface area contributed by atoms with E-state index in [1.54, 1.807) is 38.0 Å². The Hall–Kier alpha value is -3.40. The molecular formula is C29H41N7O3. The Bertz CT molecular complexity index is 1280. The Labute approximate surface area is 230 Å². The highest BCUT2D eigenvalue weighted by atomic mass is 16.5. The van der Waals surface area contributed by atoms with Gasteiger partial charge in [-0.15, -0.1) is 0 Å². The van der Waals surface area contributed by atoms with Crippen molar-refractivity contribution in [3.8, 4) is 5.88 Å². The highest BCUT2D eigenvalue weighted by Crippen LogP contribution is 2.36. The molecule has 1 aliphatic carbocycles. The molecule has 3 aromatic heterocycles. The minimum absolute atomic E-state index is 0.115. The molecule has 0 spiro atoms. The third-order valence-electron chi connectivity index (χ3n) is 8.34. The van der Waals surface area contributed by atoms with Gasteiger partial charge in [0.15, 0.2) is 0 Å². The second kappa shape index (κ2) is 12.2. The van der Waals surface area contributed by atoms with Gasteiger partial charge in [0, 0.05) is 64.0 Å². The first-order valence-electron chi connectivity index (χ1n) is 14.3. The van der Waals surface area contributed by atoms with Crippen LogP contribution in [0.1, 0.15) is 79.8 Å². The predicted octanol–water partition coefficient (Wildman–Crippen LogP) is 3.80. The van der Waals surface area contributed by atoms with Crippen LogP contribution in [0.3, 0.4) is 0 Å². The number of pyridine rings is 1. The molecule has 2 aliphatic rings. The van der Waals surface area contributed by atoms with Crippen molar-refractivity contribution in [1.29, 1.82) is 0 Å². The van der Waals surface area contributed by atoms with Crippen LogP contribution in [0, 0.1) is 5.92 Å². The van der Waals surface area contributed by atoms with Crippen molar-refractivity contribution in [3.63, 3.8) is 0 Å². The lowest BCUT2D eigenvalue weighted by Gasteiger charge is -2.33. The van der Waals surface area contributed by atoms with Crippen molar-refractivity contribution >= 4 is 22.7 Å². The van der Waals surface area contributed by atoms with Gasteiger partial charge in [-0.25, -0.2) is 4.98 Å². The number of aromatic nitrogens is 4. The maximum absolute atomic E-state index is 13.3. The first-order valence-corrected chi connectivity index (χ1v) is 14.3. The molecule has 2 N–H and O–H groups in total. The molecule has 1 unspecified atom stereocenters. The third-order valence-corrected chi connectivity index (χ3v) is 8.34. The lowest BCUT2D eigenvalue weighted by atomic mass is 9.84. The van der Waals surface area contributed by atoms with Crippen LogP contribution < -0.4 is 10.1 Å². The summed E-state index contributed by atoms with van der Waals surface area (Å²) in [5, 5.41) is 8.57. The SMILES string of the molecule is COc1nc(CN2CCN(C(C)=O)CC2)cc2cc(C(NC(=O)c3ccnn3C)C3CCCCCCC3)[nH]c12. The Morgan fingerprint density at radius 1 is 1.10 bits per heavy atom. The van der Waals surface area contributed by atoms with Gasteiger partial charge < -0.3 is 19.9 Å². The van der Waals surface area contributed by atoms with Crippen LogP contribution in [0.15, 0.2) is 24.4 Å². The van der Waals surface area contributed by atoms with Crippen molar-refractivity contribution in [2.75, 3.05) is 33.3 Å². The molecule has 39 heavy (non-hydrogen) atoms. The number of nitrogens with one attached hydrogen (secondary N) is 2. The van der Waals surface area contributed by atoms with E-state index in [1.165, 1.54) is 32.1 Å². The highest BCUT2D eigenvalue weighted by molar-refractivity contribution is 5.93. The molecule has 1 saturated heterocycles. The number of ether oxygens (including phenoxy) is 1. The number of piperazine rings is 1. The fraction of sp³-hybridized carbons (Fsp3) is 0.586. The van der Waals surface area contributed by atoms with E-state index in [-0.39, 0.29) is 17.9 Å². The van der Waals surface area contributed by atoms with Crippen molar-refractivity contribution in [3.05, 3.63) is 41.5 Å². The minimum Gasteiger partial charge on any atom is -0.479 e. The summed E-state index contributed by atoms with van der Waals surface area (Å²) in [5.74, 6) is 0.915. The van der Waals surface area contributed by atoms with Crippen LogP contribution in [0.25, 0.3) is 10.9 Å². The van der Waals surface area contributed by atoms with Crippen molar-refractivity contribution in [2.45, 2.75) is 64.5 Å². The zero-order valence-corrected chi connectivity index (χ0v) is 23.4. The summed E-state index contributed by atoms with van der Waals surface area (Å²) in [6.07, 6.45) is 9.95. The van der Waals surface area contributed by atoms with Crippen LogP contribution in [0.2, 0.25) is 0 Å². The molecule has 3 aromatic rings.